The van der Waals surface area contributed by atoms with Gasteiger partial charge in [0.1, 0.15) is 5.75 Å². The van der Waals surface area contributed by atoms with E-state index in [1.807, 2.05) is 25.1 Å². The number of nitrogens with one attached hydrogen (secondary N) is 1. The second-order valence-electron chi connectivity index (χ2n) is 8.72. The molecule has 0 saturated carbocycles. The van der Waals surface area contributed by atoms with E-state index in [1.54, 1.807) is 23.0 Å². The summed E-state index contributed by atoms with van der Waals surface area (Å²) in [6.07, 6.45) is 7.16. The average Bonchev–Trinajstić information content (AvgIpc) is 3.30. The Bertz CT molecular complexity index is 1330. The summed E-state index contributed by atoms with van der Waals surface area (Å²) in [7, 11) is 0. The molecule has 0 spiro atoms. The number of aromatic amines is 1. The molecule has 1 fully saturated rings. The molecule has 5 heterocycles. The molecule has 4 aromatic rings. The molecule has 8 heteroatoms. The lowest BCUT2D eigenvalue weighted by molar-refractivity contribution is 0.187. The third kappa shape index (κ3) is 3.36. The lowest BCUT2D eigenvalue weighted by Gasteiger charge is -2.27. The predicted molar refractivity (Wildman–Crippen MR) is 119 cm³/mol. The lowest BCUT2D eigenvalue weighted by atomic mass is 9.98. The summed E-state index contributed by atoms with van der Waals surface area (Å²) in [5.41, 5.74) is 4.78. The number of benzene rings is 1. The van der Waals surface area contributed by atoms with Crippen LogP contribution in [0.5, 0.6) is 11.8 Å². The molecule has 2 bridgehead atoms. The first-order valence-corrected chi connectivity index (χ1v) is 11.0. The van der Waals surface area contributed by atoms with Crippen molar-refractivity contribution in [3.8, 4) is 11.8 Å². The molecule has 0 radical (unpaired) electrons. The van der Waals surface area contributed by atoms with Gasteiger partial charge >= 0.3 is 6.01 Å². The molecule has 6 rings (SSSR count). The zero-order valence-corrected chi connectivity index (χ0v) is 17.9. The normalized spacial score (nSPS) is 20.3. The van der Waals surface area contributed by atoms with E-state index in [4.69, 9.17) is 9.72 Å². The number of hydrogen-bond donors (Lipinski definition) is 1. The predicted octanol–water partition coefficient (Wildman–Crippen LogP) is 3.05. The molecule has 0 amide bonds. The van der Waals surface area contributed by atoms with E-state index >= 15 is 0 Å². The van der Waals surface area contributed by atoms with E-state index in [0.29, 0.717) is 29.5 Å². The molecule has 32 heavy (non-hydrogen) atoms. The van der Waals surface area contributed by atoms with Crippen molar-refractivity contribution in [2.75, 3.05) is 0 Å². The van der Waals surface area contributed by atoms with E-state index in [-0.39, 0.29) is 5.56 Å². The van der Waals surface area contributed by atoms with Crippen molar-refractivity contribution in [3.63, 3.8) is 0 Å². The van der Waals surface area contributed by atoms with Gasteiger partial charge in [-0.15, -0.1) is 0 Å². The van der Waals surface area contributed by atoms with E-state index in [1.165, 1.54) is 5.56 Å². The molecule has 0 aliphatic carbocycles. The molecule has 1 N–H and O–H groups in total. The molecule has 2 atom stereocenters. The minimum atomic E-state index is 0.0511. The van der Waals surface area contributed by atoms with Crippen LogP contribution in [0.3, 0.4) is 0 Å². The van der Waals surface area contributed by atoms with Crippen LogP contribution in [-0.4, -0.2) is 41.5 Å². The minimum Gasteiger partial charge on any atom is -0.424 e. The number of rotatable bonds is 4. The Hall–Kier alpha value is -3.52. The van der Waals surface area contributed by atoms with Gasteiger partial charge < -0.3 is 4.74 Å². The highest BCUT2D eigenvalue weighted by Gasteiger charge is 2.38. The minimum absolute atomic E-state index is 0.0511. The van der Waals surface area contributed by atoms with Gasteiger partial charge in [0.05, 0.1) is 5.69 Å². The highest BCUT2D eigenvalue weighted by Crippen LogP contribution is 2.34. The summed E-state index contributed by atoms with van der Waals surface area (Å²) < 4.78 is 7.30. The van der Waals surface area contributed by atoms with Crippen molar-refractivity contribution in [2.24, 2.45) is 0 Å². The van der Waals surface area contributed by atoms with Crippen LogP contribution in [0.2, 0.25) is 0 Å². The standard InChI is InChI=1S/C24H24N6O2/c1-15-11-22-27-21-13-18-6-5-17(12-20(21)23(31)30(22)28-15)29(18)14-16-3-7-19(8-4-16)32-24-25-9-2-10-26-24/h2-4,7-11,17-18,28H,5-6,12-14H2,1H3/t17-,18+/m1/s1. The van der Waals surface area contributed by atoms with Gasteiger partial charge in [0, 0.05) is 54.8 Å². The number of H-pyrrole nitrogens is 1. The molecular formula is C24H24N6O2. The molecular weight excluding hydrogens is 404 g/mol. The van der Waals surface area contributed by atoms with Crippen molar-refractivity contribution in [1.82, 2.24) is 29.5 Å². The number of nitrogens with zero attached hydrogens (tertiary/aromatic N) is 5. The van der Waals surface area contributed by atoms with Crippen LogP contribution in [0, 0.1) is 6.92 Å². The molecule has 1 saturated heterocycles. The van der Waals surface area contributed by atoms with E-state index in [0.717, 1.165) is 49.2 Å². The van der Waals surface area contributed by atoms with Crippen molar-refractivity contribution < 1.29 is 4.74 Å². The smallest absolute Gasteiger partial charge is 0.321 e. The summed E-state index contributed by atoms with van der Waals surface area (Å²) in [6, 6.07) is 12.9. The van der Waals surface area contributed by atoms with Gasteiger partial charge in [-0.25, -0.2) is 19.5 Å². The van der Waals surface area contributed by atoms with Crippen LogP contribution in [0.1, 0.15) is 35.4 Å². The number of hydrogen-bond acceptors (Lipinski definition) is 6. The Morgan fingerprint density at radius 3 is 2.62 bits per heavy atom. The summed E-state index contributed by atoms with van der Waals surface area (Å²) in [5, 5.41) is 3.12. The fourth-order valence-electron chi connectivity index (χ4n) is 5.09. The van der Waals surface area contributed by atoms with Crippen LogP contribution in [0.15, 0.2) is 53.6 Å². The summed E-state index contributed by atoms with van der Waals surface area (Å²) in [4.78, 5) is 28.7. The third-order valence-corrected chi connectivity index (χ3v) is 6.60. The van der Waals surface area contributed by atoms with Crippen molar-refractivity contribution >= 4 is 5.65 Å². The van der Waals surface area contributed by atoms with Gasteiger partial charge in [-0.2, -0.15) is 0 Å². The third-order valence-electron chi connectivity index (χ3n) is 6.60. The zero-order valence-electron chi connectivity index (χ0n) is 17.9. The molecule has 8 nitrogen and oxygen atoms in total. The molecule has 162 valence electrons. The Labute approximate surface area is 184 Å². The maximum atomic E-state index is 13.1. The zero-order chi connectivity index (χ0) is 21.7. The first-order chi connectivity index (χ1) is 15.6. The molecule has 0 unspecified atom stereocenters. The summed E-state index contributed by atoms with van der Waals surface area (Å²) in [5.74, 6) is 0.716. The van der Waals surface area contributed by atoms with Crippen molar-refractivity contribution in [3.05, 3.63) is 81.7 Å². The fraction of sp³-hybridized carbons (Fsp3) is 0.333. The van der Waals surface area contributed by atoms with Crippen LogP contribution in [0.4, 0.5) is 0 Å². The second-order valence-corrected chi connectivity index (χ2v) is 8.72. The van der Waals surface area contributed by atoms with Crippen molar-refractivity contribution in [2.45, 2.75) is 51.2 Å². The Balaban J connectivity index is 1.23. The molecule has 2 aliphatic rings. The van der Waals surface area contributed by atoms with Crippen LogP contribution in [0.25, 0.3) is 5.65 Å². The van der Waals surface area contributed by atoms with Gasteiger partial charge in [0.15, 0.2) is 5.65 Å². The number of aryl methyl sites for hydroxylation is 1. The van der Waals surface area contributed by atoms with Gasteiger partial charge in [0.25, 0.3) is 5.56 Å². The van der Waals surface area contributed by atoms with Gasteiger partial charge in [-0.05, 0) is 49.9 Å². The van der Waals surface area contributed by atoms with Gasteiger partial charge in [-0.3, -0.25) is 14.8 Å². The Morgan fingerprint density at radius 2 is 1.84 bits per heavy atom. The number of ether oxygens (including phenoxy) is 1. The largest absolute Gasteiger partial charge is 0.424 e. The van der Waals surface area contributed by atoms with E-state index < -0.39 is 0 Å². The lowest BCUT2D eigenvalue weighted by Crippen LogP contribution is -2.36. The SMILES string of the molecule is Cc1cc2nc3c(c(=O)n2[nH]1)C[C@H]1CC[C@@H](C3)N1Cc1ccc(Oc2ncccn2)cc1. The summed E-state index contributed by atoms with van der Waals surface area (Å²) in [6.45, 7) is 2.80. The second kappa shape index (κ2) is 7.56. The van der Waals surface area contributed by atoms with Gasteiger partial charge in [0.2, 0.25) is 0 Å². The van der Waals surface area contributed by atoms with Crippen LogP contribution < -0.4 is 10.3 Å². The first-order valence-electron chi connectivity index (χ1n) is 11.0. The molecule has 3 aromatic heterocycles. The highest BCUT2D eigenvalue weighted by atomic mass is 16.5. The van der Waals surface area contributed by atoms with Crippen LogP contribution in [-0.2, 0) is 19.4 Å². The highest BCUT2D eigenvalue weighted by molar-refractivity contribution is 5.42. The van der Waals surface area contributed by atoms with E-state index in [2.05, 4.69) is 32.1 Å². The Morgan fingerprint density at radius 1 is 1.09 bits per heavy atom. The van der Waals surface area contributed by atoms with Crippen LogP contribution >= 0.6 is 0 Å². The fourth-order valence-corrected chi connectivity index (χ4v) is 5.09. The summed E-state index contributed by atoms with van der Waals surface area (Å²) >= 11 is 0. The van der Waals surface area contributed by atoms with Gasteiger partial charge in [-0.1, -0.05) is 12.1 Å². The topological polar surface area (TPSA) is 88.4 Å². The molecule has 1 aromatic carbocycles. The monoisotopic (exact) mass is 428 g/mol. The van der Waals surface area contributed by atoms with E-state index in [9.17, 15) is 4.79 Å². The van der Waals surface area contributed by atoms with Crippen molar-refractivity contribution in [1.29, 1.82) is 0 Å². The first kappa shape index (κ1) is 19.2. The average molecular weight is 428 g/mol. The Kier molecular flexibility index (Phi) is 4.53. The maximum absolute atomic E-state index is 13.1. The molecule has 2 aliphatic heterocycles. The number of aromatic nitrogens is 5. The quantitative estimate of drug-likeness (QED) is 0.538. The number of fused-ring (bicyclic) bond motifs is 4. The maximum Gasteiger partial charge on any atom is 0.321 e.